The maximum absolute atomic E-state index is 12.2. The van der Waals surface area contributed by atoms with E-state index in [0.717, 1.165) is 0 Å². The van der Waals surface area contributed by atoms with E-state index in [1.54, 1.807) is 6.92 Å². The molecule has 4 atom stereocenters. The molecule has 0 heterocycles. The molecule has 0 aliphatic rings. The molecule has 0 saturated carbocycles. The Morgan fingerprint density at radius 2 is 1.79 bits per heavy atom. The maximum atomic E-state index is 12.2. The van der Waals surface area contributed by atoms with Gasteiger partial charge in [0, 0.05) is 6.54 Å². The number of rotatable bonds is 11. The van der Waals surface area contributed by atoms with Crippen molar-refractivity contribution in [3.05, 3.63) is 0 Å². The molecule has 0 aromatic carbocycles. The van der Waals surface area contributed by atoms with Gasteiger partial charge in [0.05, 0.1) is 12.1 Å². The first-order valence-electron chi connectivity index (χ1n) is 8.09. The molecule has 8 N–H and O–H groups in total. The Kier molecular flexibility index (Phi) is 10.4. The third-order valence-corrected chi connectivity index (χ3v) is 3.67. The van der Waals surface area contributed by atoms with Crippen molar-refractivity contribution in [1.82, 2.24) is 10.6 Å². The summed E-state index contributed by atoms with van der Waals surface area (Å²) in [7, 11) is 0. The zero-order valence-electron chi connectivity index (χ0n) is 14.6. The molecule has 0 spiro atoms. The minimum atomic E-state index is -0.762. The van der Waals surface area contributed by atoms with Crippen LogP contribution in [-0.2, 0) is 14.4 Å². The van der Waals surface area contributed by atoms with Crippen LogP contribution >= 0.6 is 0 Å². The van der Waals surface area contributed by atoms with Crippen molar-refractivity contribution in [2.45, 2.75) is 58.2 Å². The van der Waals surface area contributed by atoms with E-state index in [-0.39, 0.29) is 11.9 Å². The predicted octanol–water partition coefficient (Wildman–Crippen LogP) is -1.40. The second kappa shape index (κ2) is 11.4. The molecule has 0 unspecified atom stereocenters. The van der Waals surface area contributed by atoms with E-state index >= 15 is 0 Å². The molecule has 0 radical (unpaired) electrons. The Morgan fingerprint density at radius 3 is 2.29 bits per heavy atom. The fourth-order valence-electron chi connectivity index (χ4n) is 1.96. The highest BCUT2D eigenvalue weighted by molar-refractivity contribution is 5.90. The van der Waals surface area contributed by atoms with Gasteiger partial charge in [-0.25, -0.2) is 0 Å². The quantitative estimate of drug-likeness (QED) is 0.134. The second-order valence-electron chi connectivity index (χ2n) is 5.86. The summed E-state index contributed by atoms with van der Waals surface area (Å²) in [6.07, 6.45) is 2.26. The van der Waals surface area contributed by atoms with Gasteiger partial charge in [0.25, 0.3) is 0 Å². The molecule has 0 rings (SSSR count). The highest BCUT2D eigenvalue weighted by Crippen LogP contribution is 2.09. The van der Waals surface area contributed by atoms with Crippen LogP contribution < -0.4 is 27.8 Å². The molecular weight excluding hydrogens is 312 g/mol. The number of hydrogen-bond acceptors (Lipinski definition) is 5. The zero-order chi connectivity index (χ0) is 18.7. The van der Waals surface area contributed by atoms with Gasteiger partial charge < -0.3 is 32.6 Å². The van der Waals surface area contributed by atoms with Crippen molar-refractivity contribution in [2.24, 2.45) is 28.1 Å². The van der Waals surface area contributed by atoms with Crippen molar-refractivity contribution < 1.29 is 14.4 Å². The Bertz CT molecular complexity index is 450. The smallest absolute Gasteiger partial charge is 0.243 e. The first-order chi connectivity index (χ1) is 11.2. The summed E-state index contributed by atoms with van der Waals surface area (Å²) in [5.74, 6) is -0.920. The first-order valence-corrected chi connectivity index (χ1v) is 8.09. The summed E-state index contributed by atoms with van der Waals surface area (Å²) in [5, 5.41) is 5.22. The monoisotopic (exact) mass is 342 g/mol. The normalized spacial score (nSPS) is 15.5. The van der Waals surface area contributed by atoms with Crippen molar-refractivity contribution in [1.29, 1.82) is 0 Å². The van der Waals surface area contributed by atoms with E-state index in [2.05, 4.69) is 15.6 Å². The molecule has 0 aromatic heterocycles. The van der Waals surface area contributed by atoms with Crippen LogP contribution in [-0.4, -0.2) is 48.7 Å². The van der Waals surface area contributed by atoms with Gasteiger partial charge in [-0.05, 0) is 25.7 Å². The van der Waals surface area contributed by atoms with Crippen molar-refractivity contribution >= 4 is 24.1 Å². The number of aliphatic imine (C=N–C) groups is 1. The van der Waals surface area contributed by atoms with E-state index in [1.807, 2.05) is 13.8 Å². The van der Waals surface area contributed by atoms with Crippen LogP contribution in [0.15, 0.2) is 4.99 Å². The van der Waals surface area contributed by atoms with Crippen molar-refractivity contribution in [3.63, 3.8) is 0 Å². The van der Waals surface area contributed by atoms with Crippen LogP contribution in [0.3, 0.4) is 0 Å². The number of guanidine groups is 1. The van der Waals surface area contributed by atoms with E-state index in [4.69, 9.17) is 17.2 Å². The second-order valence-corrected chi connectivity index (χ2v) is 5.86. The average Bonchev–Trinajstić information content (AvgIpc) is 2.54. The molecule has 24 heavy (non-hydrogen) atoms. The third-order valence-electron chi connectivity index (χ3n) is 3.67. The highest BCUT2D eigenvalue weighted by Gasteiger charge is 2.28. The number of hydrogen-bond donors (Lipinski definition) is 5. The Hall–Kier alpha value is -2.16. The number of nitrogens with one attached hydrogen (secondary N) is 2. The minimum Gasteiger partial charge on any atom is -0.370 e. The Balaban J connectivity index is 4.65. The molecule has 0 bridgehead atoms. The number of nitrogens with zero attached hydrogens (tertiary/aromatic N) is 1. The van der Waals surface area contributed by atoms with Crippen LogP contribution in [0, 0.1) is 5.92 Å². The lowest BCUT2D eigenvalue weighted by atomic mass is 9.97. The van der Waals surface area contributed by atoms with Crippen LogP contribution in [0.25, 0.3) is 0 Å². The third kappa shape index (κ3) is 8.47. The SMILES string of the molecule is CC[C@H](C)[C@H](NC(=O)[C@@H](N)CCCN=C(N)N)C(=O)N[C@@H](C)C=O. The van der Waals surface area contributed by atoms with Gasteiger partial charge in [-0.15, -0.1) is 0 Å². The molecule has 0 fully saturated rings. The fourth-order valence-corrected chi connectivity index (χ4v) is 1.96. The van der Waals surface area contributed by atoms with Gasteiger partial charge in [0.1, 0.15) is 12.3 Å². The van der Waals surface area contributed by atoms with Gasteiger partial charge in [-0.2, -0.15) is 0 Å². The number of aldehydes is 1. The highest BCUT2D eigenvalue weighted by atomic mass is 16.2. The topological polar surface area (TPSA) is 166 Å². The number of amides is 2. The Morgan fingerprint density at radius 1 is 1.17 bits per heavy atom. The van der Waals surface area contributed by atoms with E-state index < -0.39 is 29.9 Å². The number of carbonyl (C=O) groups excluding carboxylic acids is 3. The van der Waals surface area contributed by atoms with Gasteiger partial charge >= 0.3 is 0 Å². The van der Waals surface area contributed by atoms with Crippen LogP contribution in [0.5, 0.6) is 0 Å². The summed E-state index contributed by atoms with van der Waals surface area (Å²) in [4.78, 5) is 38.9. The number of carbonyl (C=O) groups is 3. The average molecular weight is 342 g/mol. The molecule has 0 aliphatic carbocycles. The lowest BCUT2D eigenvalue weighted by Crippen LogP contribution is -2.55. The predicted molar refractivity (Wildman–Crippen MR) is 92.9 cm³/mol. The van der Waals surface area contributed by atoms with E-state index in [9.17, 15) is 14.4 Å². The fraction of sp³-hybridized carbons (Fsp3) is 0.733. The van der Waals surface area contributed by atoms with Gasteiger partial charge in [0.15, 0.2) is 5.96 Å². The molecule has 9 nitrogen and oxygen atoms in total. The lowest BCUT2D eigenvalue weighted by molar-refractivity contribution is -0.131. The molecule has 0 aromatic rings. The summed E-state index contributed by atoms with van der Waals surface area (Å²) >= 11 is 0. The summed E-state index contributed by atoms with van der Waals surface area (Å²) in [6, 6.07) is -2.12. The largest absolute Gasteiger partial charge is 0.370 e. The van der Waals surface area contributed by atoms with Gasteiger partial charge in [0.2, 0.25) is 11.8 Å². The lowest BCUT2D eigenvalue weighted by Gasteiger charge is -2.25. The standard InChI is InChI=1S/C15H30N6O3/c1-4-9(2)12(14(24)20-10(3)8-22)21-13(23)11(16)6-5-7-19-15(17)18/h8-12H,4-7,16H2,1-3H3,(H,20,24)(H,21,23)(H4,17,18,19)/t9-,10-,11-,12-/m0/s1. The minimum absolute atomic E-state index is 0.00849. The summed E-state index contributed by atoms with van der Waals surface area (Å²) in [6.45, 7) is 5.71. The van der Waals surface area contributed by atoms with E-state index in [1.165, 1.54) is 0 Å². The van der Waals surface area contributed by atoms with Crippen LogP contribution in [0.4, 0.5) is 0 Å². The van der Waals surface area contributed by atoms with Gasteiger partial charge in [-0.3, -0.25) is 14.6 Å². The molecule has 2 amide bonds. The van der Waals surface area contributed by atoms with Crippen molar-refractivity contribution in [2.75, 3.05) is 6.54 Å². The molecule has 0 saturated heterocycles. The Labute approximate surface area is 142 Å². The first kappa shape index (κ1) is 21.8. The molecular formula is C15H30N6O3. The van der Waals surface area contributed by atoms with Gasteiger partial charge in [-0.1, -0.05) is 20.3 Å². The van der Waals surface area contributed by atoms with Crippen molar-refractivity contribution in [3.8, 4) is 0 Å². The van der Waals surface area contributed by atoms with Crippen LogP contribution in [0.1, 0.15) is 40.0 Å². The maximum Gasteiger partial charge on any atom is 0.243 e. The van der Waals surface area contributed by atoms with E-state index in [0.29, 0.717) is 32.1 Å². The summed E-state index contributed by atoms with van der Waals surface area (Å²) in [5.41, 5.74) is 16.3. The molecule has 9 heteroatoms. The number of nitrogens with two attached hydrogens (primary N) is 3. The van der Waals surface area contributed by atoms with Crippen LogP contribution in [0.2, 0.25) is 0 Å². The molecule has 0 aliphatic heterocycles. The molecule has 138 valence electrons. The zero-order valence-corrected chi connectivity index (χ0v) is 14.6. The summed E-state index contributed by atoms with van der Waals surface area (Å²) < 4.78 is 0.